The van der Waals surface area contributed by atoms with Gasteiger partial charge >= 0.3 is 0 Å². The fourth-order valence-corrected chi connectivity index (χ4v) is 1.13. The molecule has 58 valence electrons. The Kier molecular flexibility index (Phi) is 1.21. The molecule has 11 heavy (non-hydrogen) atoms. The summed E-state index contributed by atoms with van der Waals surface area (Å²) in [4.78, 5) is 8.14. The van der Waals surface area contributed by atoms with Crippen molar-refractivity contribution in [3.63, 3.8) is 0 Å². The SMILES string of the molecule is CC(C)c1cnc2nc[nH]n12. The number of rotatable bonds is 1. The first-order valence-electron chi connectivity index (χ1n) is 3.66. The van der Waals surface area contributed by atoms with E-state index in [1.54, 1.807) is 6.33 Å². The summed E-state index contributed by atoms with van der Waals surface area (Å²) < 4.78 is 1.89. The van der Waals surface area contributed by atoms with Crippen LogP contribution in [0.3, 0.4) is 0 Å². The van der Waals surface area contributed by atoms with Crippen LogP contribution in [-0.2, 0) is 0 Å². The summed E-state index contributed by atoms with van der Waals surface area (Å²) in [5.41, 5.74) is 1.16. The summed E-state index contributed by atoms with van der Waals surface area (Å²) in [5.74, 6) is 1.22. The van der Waals surface area contributed by atoms with Crippen LogP contribution in [0.1, 0.15) is 25.5 Å². The predicted molar refractivity (Wildman–Crippen MR) is 41.4 cm³/mol. The Labute approximate surface area is 64.3 Å². The topological polar surface area (TPSA) is 46.0 Å². The summed E-state index contributed by atoms with van der Waals surface area (Å²) in [5, 5.41) is 2.99. The molecule has 0 amide bonds. The van der Waals surface area contributed by atoms with Gasteiger partial charge in [0.1, 0.15) is 6.33 Å². The maximum Gasteiger partial charge on any atom is 0.250 e. The number of H-pyrrole nitrogens is 1. The van der Waals surface area contributed by atoms with Gasteiger partial charge in [0.05, 0.1) is 11.9 Å². The van der Waals surface area contributed by atoms with Gasteiger partial charge in [-0.05, 0) is 5.92 Å². The van der Waals surface area contributed by atoms with Crippen LogP contribution in [0.15, 0.2) is 12.5 Å². The van der Waals surface area contributed by atoms with Gasteiger partial charge in [-0.2, -0.15) is 0 Å². The fraction of sp³-hybridized carbons (Fsp3) is 0.429. The van der Waals surface area contributed by atoms with Crippen molar-refractivity contribution in [2.45, 2.75) is 19.8 Å². The van der Waals surface area contributed by atoms with Crippen LogP contribution < -0.4 is 0 Å². The monoisotopic (exact) mass is 150 g/mol. The van der Waals surface area contributed by atoms with Gasteiger partial charge < -0.3 is 0 Å². The second-order valence-electron chi connectivity index (χ2n) is 2.86. The lowest BCUT2D eigenvalue weighted by Crippen LogP contribution is -1.94. The Bertz CT molecular complexity index is 357. The normalized spacial score (nSPS) is 11.5. The van der Waals surface area contributed by atoms with Crippen molar-refractivity contribution in [2.24, 2.45) is 0 Å². The van der Waals surface area contributed by atoms with E-state index in [1.807, 2.05) is 10.7 Å². The van der Waals surface area contributed by atoms with E-state index >= 15 is 0 Å². The lowest BCUT2D eigenvalue weighted by molar-refractivity contribution is 0.768. The Balaban J connectivity index is 2.68. The first-order valence-corrected chi connectivity index (χ1v) is 3.66. The van der Waals surface area contributed by atoms with Crippen LogP contribution >= 0.6 is 0 Å². The van der Waals surface area contributed by atoms with Gasteiger partial charge in [-0.3, -0.25) is 5.10 Å². The molecule has 0 aromatic carbocycles. The van der Waals surface area contributed by atoms with Crippen molar-refractivity contribution in [2.75, 3.05) is 0 Å². The third-order valence-electron chi connectivity index (χ3n) is 1.73. The highest BCUT2D eigenvalue weighted by atomic mass is 15.3. The molecule has 4 heteroatoms. The molecule has 0 fully saturated rings. The highest BCUT2D eigenvalue weighted by Gasteiger charge is 2.07. The minimum Gasteiger partial charge on any atom is -0.281 e. The quantitative estimate of drug-likeness (QED) is 0.663. The van der Waals surface area contributed by atoms with Crippen LogP contribution in [0.5, 0.6) is 0 Å². The number of aromatic nitrogens is 4. The Morgan fingerprint density at radius 3 is 3.00 bits per heavy atom. The third kappa shape index (κ3) is 0.824. The van der Waals surface area contributed by atoms with E-state index in [2.05, 4.69) is 28.9 Å². The smallest absolute Gasteiger partial charge is 0.250 e. The molecule has 2 aromatic rings. The molecular formula is C7H10N4. The second kappa shape index (κ2) is 2.08. The van der Waals surface area contributed by atoms with E-state index < -0.39 is 0 Å². The molecule has 0 aliphatic heterocycles. The van der Waals surface area contributed by atoms with Crippen LogP contribution in [0.2, 0.25) is 0 Å². The summed E-state index contributed by atoms with van der Waals surface area (Å²) in [7, 11) is 0. The Morgan fingerprint density at radius 2 is 2.27 bits per heavy atom. The summed E-state index contributed by atoms with van der Waals surface area (Å²) in [6.45, 7) is 4.26. The Morgan fingerprint density at radius 1 is 1.45 bits per heavy atom. The van der Waals surface area contributed by atoms with Gasteiger partial charge in [0.25, 0.3) is 5.78 Å². The average molecular weight is 150 g/mol. The number of hydrogen-bond acceptors (Lipinski definition) is 2. The van der Waals surface area contributed by atoms with Gasteiger partial charge in [0, 0.05) is 0 Å². The Hall–Kier alpha value is -1.32. The van der Waals surface area contributed by atoms with Crippen molar-refractivity contribution < 1.29 is 0 Å². The van der Waals surface area contributed by atoms with Gasteiger partial charge in [0.2, 0.25) is 0 Å². The van der Waals surface area contributed by atoms with Crippen LogP contribution in [0.4, 0.5) is 0 Å². The van der Waals surface area contributed by atoms with E-state index in [0.717, 1.165) is 11.5 Å². The van der Waals surface area contributed by atoms with Crippen LogP contribution in [0.25, 0.3) is 5.78 Å². The molecule has 0 atom stereocenters. The van der Waals surface area contributed by atoms with E-state index in [-0.39, 0.29) is 0 Å². The molecule has 0 unspecified atom stereocenters. The number of nitrogens with zero attached hydrogens (tertiary/aromatic N) is 3. The van der Waals surface area contributed by atoms with Gasteiger partial charge in [-0.25, -0.2) is 14.5 Å². The van der Waals surface area contributed by atoms with Crippen LogP contribution in [0, 0.1) is 0 Å². The van der Waals surface area contributed by atoms with Crippen molar-refractivity contribution in [3.8, 4) is 0 Å². The lowest BCUT2D eigenvalue weighted by atomic mass is 10.2. The van der Waals surface area contributed by atoms with E-state index in [9.17, 15) is 0 Å². The van der Waals surface area contributed by atoms with Gasteiger partial charge in [0.15, 0.2) is 0 Å². The van der Waals surface area contributed by atoms with Crippen molar-refractivity contribution in [3.05, 3.63) is 18.2 Å². The molecule has 2 heterocycles. The molecule has 0 aliphatic carbocycles. The molecule has 0 saturated heterocycles. The molecule has 0 spiro atoms. The number of fused-ring (bicyclic) bond motifs is 1. The zero-order valence-electron chi connectivity index (χ0n) is 6.57. The highest BCUT2D eigenvalue weighted by molar-refractivity contribution is 5.28. The molecule has 0 aliphatic rings. The number of imidazole rings is 1. The highest BCUT2D eigenvalue weighted by Crippen LogP contribution is 2.13. The minimum absolute atomic E-state index is 0.477. The summed E-state index contributed by atoms with van der Waals surface area (Å²) in [6, 6.07) is 0. The van der Waals surface area contributed by atoms with Crippen molar-refractivity contribution in [1.82, 2.24) is 19.6 Å². The largest absolute Gasteiger partial charge is 0.281 e. The first kappa shape index (κ1) is 6.39. The first-order chi connectivity index (χ1) is 5.29. The molecule has 4 nitrogen and oxygen atoms in total. The zero-order valence-corrected chi connectivity index (χ0v) is 6.57. The number of hydrogen-bond donors (Lipinski definition) is 1. The molecule has 0 radical (unpaired) electrons. The average Bonchev–Trinajstić information content (AvgIpc) is 2.41. The van der Waals surface area contributed by atoms with Crippen LogP contribution in [-0.4, -0.2) is 19.6 Å². The van der Waals surface area contributed by atoms with E-state index in [1.165, 1.54) is 0 Å². The number of nitrogens with one attached hydrogen (secondary N) is 1. The maximum atomic E-state index is 4.12. The molecular weight excluding hydrogens is 140 g/mol. The summed E-state index contributed by atoms with van der Waals surface area (Å²) in [6.07, 6.45) is 3.50. The van der Waals surface area contributed by atoms with Gasteiger partial charge in [-0.15, -0.1) is 0 Å². The van der Waals surface area contributed by atoms with Crippen molar-refractivity contribution in [1.29, 1.82) is 0 Å². The zero-order chi connectivity index (χ0) is 7.84. The second-order valence-corrected chi connectivity index (χ2v) is 2.86. The molecule has 0 bridgehead atoms. The maximum absolute atomic E-state index is 4.12. The minimum atomic E-state index is 0.477. The summed E-state index contributed by atoms with van der Waals surface area (Å²) >= 11 is 0. The molecule has 2 aromatic heterocycles. The van der Waals surface area contributed by atoms with E-state index in [0.29, 0.717) is 5.92 Å². The molecule has 1 N–H and O–H groups in total. The van der Waals surface area contributed by atoms with E-state index in [4.69, 9.17) is 0 Å². The third-order valence-corrected chi connectivity index (χ3v) is 1.73. The fourth-order valence-electron chi connectivity index (χ4n) is 1.13. The van der Waals surface area contributed by atoms with Crippen molar-refractivity contribution >= 4 is 5.78 Å². The molecule has 2 rings (SSSR count). The standard InChI is InChI=1S/C7H10N4/c1-5(2)6-3-8-7-9-4-10-11(6)7/h3-5H,1-2H3,(H,8,9,10). The molecule has 0 saturated carbocycles. The predicted octanol–water partition coefficient (Wildman–Crippen LogP) is 1.18. The number of aromatic amines is 1. The lowest BCUT2D eigenvalue weighted by Gasteiger charge is -1.99. The van der Waals surface area contributed by atoms with Gasteiger partial charge in [-0.1, -0.05) is 13.8 Å².